The third-order valence-electron chi connectivity index (χ3n) is 4.51. The number of hydrogen-bond acceptors (Lipinski definition) is 2. The third-order valence-corrected chi connectivity index (χ3v) is 5.61. The Morgan fingerprint density at radius 2 is 1.65 bits per heavy atom. The number of carbonyl (C=O) groups is 1. The van der Waals surface area contributed by atoms with Crippen molar-refractivity contribution in [1.29, 1.82) is 0 Å². The van der Waals surface area contributed by atoms with Crippen LogP contribution in [0.25, 0.3) is 0 Å². The molecular formula is C12H20Cl2N2O. The van der Waals surface area contributed by atoms with Crippen molar-refractivity contribution in [2.75, 3.05) is 0 Å². The lowest BCUT2D eigenvalue weighted by Gasteiger charge is -2.42. The molecule has 2 fully saturated rings. The maximum atomic E-state index is 12.4. The molecular weight excluding hydrogens is 259 g/mol. The quantitative estimate of drug-likeness (QED) is 0.720. The molecule has 1 amide bonds. The van der Waals surface area contributed by atoms with Gasteiger partial charge in [0.25, 0.3) is 5.91 Å². The predicted molar refractivity (Wildman–Crippen MR) is 69.5 cm³/mol. The smallest absolute Gasteiger partial charge is 0.260 e. The SMILES string of the molecule is CCC1(CC)C(=O)N(Cl)C2(CCCCC2)N1Cl. The highest BCUT2D eigenvalue weighted by Gasteiger charge is 2.63. The summed E-state index contributed by atoms with van der Waals surface area (Å²) in [5.41, 5.74) is -1.06. The summed E-state index contributed by atoms with van der Waals surface area (Å²) in [6.07, 6.45) is 6.55. The largest absolute Gasteiger partial charge is 0.271 e. The zero-order chi connectivity index (χ0) is 12.7. The molecule has 17 heavy (non-hydrogen) atoms. The molecule has 0 atom stereocenters. The van der Waals surface area contributed by atoms with Crippen LogP contribution in [0, 0.1) is 0 Å². The summed E-state index contributed by atoms with van der Waals surface area (Å²) in [5, 5.41) is 0. The Hall–Kier alpha value is 0.01000. The van der Waals surface area contributed by atoms with E-state index >= 15 is 0 Å². The number of halogens is 2. The van der Waals surface area contributed by atoms with E-state index in [-0.39, 0.29) is 5.91 Å². The fraction of sp³-hybridized carbons (Fsp3) is 0.917. The molecule has 2 rings (SSSR count). The van der Waals surface area contributed by atoms with Gasteiger partial charge in [0.1, 0.15) is 11.2 Å². The average molecular weight is 279 g/mol. The maximum Gasteiger partial charge on any atom is 0.260 e. The molecule has 98 valence electrons. The Labute approximate surface area is 113 Å². The molecule has 0 aromatic rings. The van der Waals surface area contributed by atoms with E-state index in [0.29, 0.717) is 12.8 Å². The van der Waals surface area contributed by atoms with Crippen molar-refractivity contribution in [1.82, 2.24) is 8.84 Å². The minimum atomic E-state index is -0.610. The fourth-order valence-electron chi connectivity index (χ4n) is 3.27. The molecule has 1 aliphatic carbocycles. The first kappa shape index (κ1) is 13.4. The van der Waals surface area contributed by atoms with Crippen molar-refractivity contribution in [3.63, 3.8) is 0 Å². The summed E-state index contributed by atoms with van der Waals surface area (Å²) in [4.78, 5) is 12.4. The van der Waals surface area contributed by atoms with Crippen LogP contribution in [-0.2, 0) is 4.79 Å². The molecule has 5 heteroatoms. The minimum absolute atomic E-state index is 0.0268. The molecule has 1 spiro atoms. The highest BCUT2D eigenvalue weighted by molar-refractivity contribution is 6.27. The lowest BCUT2D eigenvalue weighted by atomic mass is 9.87. The zero-order valence-corrected chi connectivity index (χ0v) is 12.0. The second kappa shape index (κ2) is 4.60. The van der Waals surface area contributed by atoms with Crippen LogP contribution in [0.3, 0.4) is 0 Å². The molecule has 1 aliphatic heterocycles. The molecule has 1 saturated carbocycles. The van der Waals surface area contributed by atoms with Crippen LogP contribution in [0.15, 0.2) is 0 Å². The first-order chi connectivity index (χ1) is 8.05. The Balaban J connectivity index is 2.40. The Kier molecular flexibility index (Phi) is 3.64. The van der Waals surface area contributed by atoms with Gasteiger partial charge in [-0.15, -0.1) is 0 Å². The van der Waals surface area contributed by atoms with Crippen LogP contribution in [0.5, 0.6) is 0 Å². The lowest BCUT2D eigenvalue weighted by molar-refractivity contribution is -0.130. The Morgan fingerprint density at radius 3 is 2.06 bits per heavy atom. The summed E-state index contributed by atoms with van der Waals surface area (Å²) >= 11 is 12.8. The summed E-state index contributed by atoms with van der Waals surface area (Å²) in [5.74, 6) is -0.0268. The first-order valence-electron chi connectivity index (χ1n) is 6.52. The first-order valence-corrected chi connectivity index (χ1v) is 7.19. The molecule has 0 aromatic carbocycles. The van der Waals surface area contributed by atoms with E-state index in [2.05, 4.69) is 0 Å². The summed E-state index contributed by atoms with van der Waals surface area (Å²) in [7, 11) is 0. The van der Waals surface area contributed by atoms with Crippen molar-refractivity contribution in [3.05, 3.63) is 0 Å². The topological polar surface area (TPSA) is 23.6 Å². The van der Waals surface area contributed by atoms with Gasteiger partial charge in [0.05, 0.1) is 0 Å². The Bertz CT molecular complexity index is 312. The van der Waals surface area contributed by atoms with E-state index in [0.717, 1.165) is 25.7 Å². The Morgan fingerprint density at radius 1 is 1.12 bits per heavy atom. The summed E-state index contributed by atoms with van der Waals surface area (Å²) in [6, 6.07) is 0. The summed E-state index contributed by atoms with van der Waals surface area (Å²) in [6.45, 7) is 4.01. The number of carbonyl (C=O) groups excluding carboxylic acids is 1. The molecule has 1 saturated heterocycles. The van der Waals surface area contributed by atoms with Crippen molar-refractivity contribution in [2.45, 2.75) is 70.0 Å². The van der Waals surface area contributed by atoms with Crippen molar-refractivity contribution in [2.24, 2.45) is 0 Å². The van der Waals surface area contributed by atoms with Crippen LogP contribution in [0.2, 0.25) is 0 Å². The van der Waals surface area contributed by atoms with Gasteiger partial charge in [-0.1, -0.05) is 20.3 Å². The monoisotopic (exact) mass is 278 g/mol. The summed E-state index contributed by atoms with van der Waals surface area (Å²) < 4.78 is 3.14. The van der Waals surface area contributed by atoms with Gasteiger partial charge in [-0.25, -0.2) is 4.42 Å². The van der Waals surface area contributed by atoms with E-state index in [9.17, 15) is 4.79 Å². The van der Waals surface area contributed by atoms with Gasteiger partial charge in [-0.3, -0.25) is 4.79 Å². The van der Waals surface area contributed by atoms with Crippen molar-refractivity contribution < 1.29 is 4.79 Å². The molecule has 0 aromatic heterocycles. The molecule has 2 aliphatic rings. The van der Waals surface area contributed by atoms with E-state index < -0.39 is 11.2 Å². The third kappa shape index (κ3) is 1.62. The zero-order valence-electron chi connectivity index (χ0n) is 10.5. The number of rotatable bonds is 2. The lowest BCUT2D eigenvalue weighted by Crippen LogP contribution is -2.52. The number of nitrogens with zero attached hydrogens (tertiary/aromatic N) is 2. The maximum absolute atomic E-state index is 12.4. The predicted octanol–water partition coefficient (Wildman–Crippen LogP) is 3.66. The van der Waals surface area contributed by atoms with Gasteiger partial charge in [0, 0.05) is 11.8 Å². The average Bonchev–Trinajstić information content (AvgIpc) is 2.52. The van der Waals surface area contributed by atoms with Gasteiger partial charge in [0.2, 0.25) is 0 Å². The molecule has 0 radical (unpaired) electrons. The minimum Gasteiger partial charge on any atom is -0.271 e. The van der Waals surface area contributed by atoms with E-state index in [1.807, 2.05) is 13.8 Å². The number of amides is 1. The highest BCUT2D eigenvalue weighted by Crippen LogP contribution is 2.51. The van der Waals surface area contributed by atoms with Crippen molar-refractivity contribution in [3.8, 4) is 0 Å². The normalized spacial score (nSPS) is 28.0. The van der Waals surface area contributed by atoms with Gasteiger partial charge < -0.3 is 0 Å². The van der Waals surface area contributed by atoms with E-state index in [1.54, 1.807) is 4.42 Å². The van der Waals surface area contributed by atoms with Crippen LogP contribution in [0.1, 0.15) is 58.8 Å². The molecule has 0 unspecified atom stereocenters. The highest BCUT2D eigenvalue weighted by atomic mass is 35.5. The van der Waals surface area contributed by atoms with Gasteiger partial charge in [-0.2, -0.15) is 4.42 Å². The van der Waals surface area contributed by atoms with Gasteiger partial charge in [0.15, 0.2) is 0 Å². The van der Waals surface area contributed by atoms with Gasteiger partial charge in [-0.05, 0) is 50.3 Å². The molecule has 0 bridgehead atoms. The van der Waals surface area contributed by atoms with Crippen molar-refractivity contribution >= 4 is 29.5 Å². The van der Waals surface area contributed by atoms with E-state index in [4.69, 9.17) is 23.6 Å². The molecule has 0 N–H and O–H groups in total. The second-order valence-corrected chi connectivity index (χ2v) is 5.82. The van der Waals surface area contributed by atoms with Gasteiger partial charge >= 0.3 is 0 Å². The molecule has 3 nitrogen and oxygen atoms in total. The number of hydrogen-bond donors (Lipinski definition) is 0. The standard InChI is InChI=1S/C12H20Cl2N2O/c1-3-11(4-2)10(17)15(13)12(16(11)14)8-6-5-7-9-12/h3-9H2,1-2H3. The van der Waals surface area contributed by atoms with Crippen LogP contribution < -0.4 is 0 Å². The van der Waals surface area contributed by atoms with Crippen LogP contribution >= 0.6 is 23.6 Å². The fourth-order valence-corrected chi connectivity index (χ4v) is 4.27. The van der Waals surface area contributed by atoms with Crippen LogP contribution in [-0.4, -0.2) is 25.9 Å². The van der Waals surface area contributed by atoms with Crippen LogP contribution in [0.4, 0.5) is 0 Å². The van der Waals surface area contributed by atoms with E-state index in [1.165, 1.54) is 10.8 Å². The second-order valence-electron chi connectivity index (χ2n) is 5.15. The molecule has 1 heterocycles.